The standard InChI is InChI=1S/C10H12O3S/c1-5-4-14-8-3-6(10(12)13)2-7(11)9(5)8/h4,6-7,11H,2-3H2,1H3,(H,12,13). The van der Waals surface area contributed by atoms with Gasteiger partial charge in [-0.25, -0.2) is 0 Å². The number of hydrogen-bond acceptors (Lipinski definition) is 3. The third-order valence-corrected chi connectivity index (χ3v) is 3.87. The van der Waals surface area contributed by atoms with Gasteiger partial charge in [0.05, 0.1) is 12.0 Å². The van der Waals surface area contributed by atoms with Crippen molar-refractivity contribution in [2.24, 2.45) is 5.92 Å². The van der Waals surface area contributed by atoms with E-state index in [1.54, 1.807) is 11.3 Å². The Kier molecular flexibility index (Phi) is 2.33. The predicted octanol–water partition coefficient (Wildman–Crippen LogP) is 1.74. The summed E-state index contributed by atoms with van der Waals surface area (Å²) >= 11 is 1.55. The van der Waals surface area contributed by atoms with Crippen LogP contribution in [0.25, 0.3) is 0 Å². The van der Waals surface area contributed by atoms with Gasteiger partial charge in [0.1, 0.15) is 0 Å². The first-order chi connectivity index (χ1) is 6.59. The van der Waals surface area contributed by atoms with Crippen LogP contribution in [0, 0.1) is 12.8 Å². The van der Waals surface area contributed by atoms with Gasteiger partial charge in [0.15, 0.2) is 0 Å². The highest BCUT2D eigenvalue weighted by Gasteiger charge is 2.31. The van der Waals surface area contributed by atoms with Crippen molar-refractivity contribution >= 4 is 17.3 Å². The van der Waals surface area contributed by atoms with Gasteiger partial charge >= 0.3 is 5.97 Å². The molecule has 2 N–H and O–H groups in total. The van der Waals surface area contributed by atoms with E-state index in [0.717, 1.165) is 16.0 Å². The fourth-order valence-corrected chi connectivity index (χ4v) is 3.16. The number of carbonyl (C=O) groups is 1. The van der Waals surface area contributed by atoms with Crippen LogP contribution in [0.15, 0.2) is 5.38 Å². The molecule has 1 aliphatic carbocycles. The van der Waals surface area contributed by atoms with E-state index < -0.39 is 18.0 Å². The van der Waals surface area contributed by atoms with Crippen LogP contribution >= 0.6 is 11.3 Å². The maximum atomic E-state index is 10.8. The van der Waals surface area contributed by atoms with Crippen molar-refractivity contribution in [3.05, 3.63) is 21.4 Å². The smallest absolute Gasteiger partial charge is 0.306 e. The number of thiophene rings is 1. The Morgan fingerprint density at radius 2 is 2.36 bits per heavy atom. The third kappa shape index (κ3) is 1.44. The van der Waals surface area contributed by atoms with Gasteiger partial charge in [-0.3, -0.25) is 4.79 Å². The Labute approximate surface area is 86.0 Å². The fourth-order valence-electron chi connectivity index (χ4n) is 2.00. The Bertz CT molecular complexity index is 369. The highest BCUT2D eigenvalue weighted by atomic mass is 32.1. The van der Waals surface area contributed by atoms with Crippen molar-refractivity contribution in [3.8, 4) is 0 Å². The molecule has 0 aliphatic heterocycles. The predicted molar refractivity (Wildman–Crippen MR) is 53.5 cm³/mol. The maximum Gasteiger partial charge on any atom is 0.306 e. The second-order valence-electron chi connectivity index (χ2n) is 3.75. The van der Waals surface area contributed by atoms with E-state index in [1.807, 2.05) is 12.3 Å². The molecule has 4 heteroatoms. The van der Waals surface area contributed by atoms with E-state index in [0.29, 0.717) is 12.8 Å². The average molecular weight is 212 g/mol. The van der Waals surface area contributed by atoms with Gasteiger partial charge < -0.3 is 10.2 Å². The van der Waals surface area contributed by atoms with Crippen LogP contribution in [0.3, 0.4) is 0 Å². The van der Waals surface area contributed by atoms with Crippen LogP contribution in [0.5, 0.6) is 0 Å². The van der Waals surface area contributed by atoms with Crippen molar-refractivity contribution in [1.29, 1.82) is 0 Å². The lowest BCUT2D eigenvalue weighted by atomic mass is 9.85. The van der Waals surface area contributed by atoms with E-state index in [2.05, 4.69) is 0 Å². The quantitative estimate of drug-likeness (QED) is 0.745. The minimum Gasteiger partial charge on any atom is -0.481 e. The lowest BCUT2D eigenvalue weighted by molar-refractivity contribution is -0.143. The molecule has 2 rings (SSSR count). The van der Waals surface area contributed by atoms with Crippen LogP contribution in [0.1, 0.15) is 28.5 Å². The number of carboxylic acids is 1. The van der Waals surface area contributed by atoms with Gasteiger partial charge in [0, 0.05) is 4.88 Å². The SMILES string of the molecule is Cc1csc2c1C(O)CC(C(=O)O)C2. The Hall–Kier alpha value is -0.870. The summed E-state index contributed by atoms with van der Waals surface area (Å²) in [6.45, 7) is 1.96. The van der Waals surface area contributed by atoms with Crippen LogP contribution in [-0.2, 0) is 11.2 Å². The normalized spacial score (nSPS) is 25.9. The van der Waals surface area contributed by atoms with Crippen molar-refractivity contribution < 1.29 is 15.0 Å². The number of aliphatic carboxylic acids is 1. The number of carboxylic acid groups (broad SMARTS) is 1. The number of aryl methyl sites for hydroxylation is 1. The van der Waals surface area contributed by atoms with E-state index in [4.69, 9.17) is 5.11 Å². The summed E-state index contributed by atoms with van der Waals surface area (Å²) in [5.74, 6) is -1.23. The lowest BCUT2D eigenvalue weighted by Gasteiger charge is -2.23. The Morgan fingerprint density at radius 3 is 3.00 bits per heavy atom. The highest BCUT2D eigenvalue weighted by Crippen LogP contribution is 2.38. The second-order valence-corrected chi connectivity index (χ2v) is 4.71. The second kappa shape index (κ2) is 3.37. The van der Waals surface area contributed by atoms with E-state index in [9.17, 15) is 9.90 Å². The van der Waals surface area contributed by atoms with Gasteiger partial charge in [-0.05, 0) is 36.3 Å². The summed E-state index contributed by atoms with van der Waals surface area (Å²) in [6.07, 6.45) is 0.325. The molecule has 0 fully saturated rings. The van der Waals surface area contributed by atoms with Gasteiger partial charge in [-0.2, -0.15) is 0 Å². The Morgan fingerprint density at radius 1 is 1.64 bits per heavy atom. The first kappa shape index (κ1) is 9.68. The van der Waals surface area contributed by atoms with Crippen LogP contribution in [0.2, 0.25) is 0 Å². The van der Waals surface area contributed by atoms with Gasteiger partial charge in [-0.15, -0.1) is 11.3 Å². The third-order valence-electron chi connectivity index (χ3n) is 2.73. The van der Waals surface area contributed by atoms with Crippen molar-refractivity contribution in [2.75, 3.05) is 0 Å². The molecule has 2 unspecified atom stereocenters. The van der Waals surface area contributed by atoms with Gasteiger partial charge in [0.2, 0.25) is 0 Å². The highest BCUT2D eigenvalue weighted by molar-refractivity contribution is 7.10. The van der Waals surface area contributed by atoms with Crippen molar-refractivity contribution in [3.63, 3.8) is 0 Å². The molecule has 1 heterocycles. The largest absolute Gasteiger partial charge is 0.481 e. The lowest BCUT2D eigenvalue weighted by Crippen LogP contribution is -2.24. The first-order valence-corrected chi connectivity index (χ1v) is 5.45. The molecular formula is C10H12O3S. The van der Waals surface area contributed by atoms with Crippen LogP contribution in [-0.4, -0.2) is 16.2 Å². The maximum absolute atomic E-state index is 10.8. The van der Waals surface area contributed by atoms with Crippen molar-refractivity contribution in [2.45, 2.75) is 25.9 Å². The Balaban J connectivity index is 2.34. The molecule has 0 bridgehead atoms. The number of hydrogen-bond donors (Lipinski definition) is 2. The molecule has 0 amide bonds. The summed E-state index contributed by atoms with van der Waals surface area (Å²) in [5, 5.41) is 20.7. The molecular weight excluding hydrogens is 200 g/mol. The average Bonchev–Trinajstić information content (AvgIpc) is 2.48. The summed E-state index contributed by atoms with van der Waals surface area (Å²) in [5.41, 5.74) is 2.05. The molecule has 3 nitrogen and oxygen atoms in total. The monoisotopic (exact) mass is 212 g/mol. The van der Waals surface area contributed by atoms with Gasteiger partial charge in [0.25, 0.3) is 0 Å². The molecule has 0 radical (unpaired) electrons. The summed E-state index contributed by atoms with van der Waals surface area (Å²) < 4.78 is 0. The zero-order valence-electron chi connectivity index (χ0n) is 7.86. The summed E-state index contributed by atoms with van der Waals surface area (Å²) in [7, 11) is 0. The summed E-state index contributed by atoms with van der Waals surface area (Å²) in [4.78, 5) is 11.8. The number of aliphatic hydroxyl groups excluding tert-OH is 1. The molecule has 0 spiro atoms. The fraction of sp³-hybridized carbons (Fsp3) is 0.500. The van der Waals surface area contributed by atoms with E-state index >= 15 is 0 Å². The molecule has 76 valence electrons. The molecule has 0 aromatic carbocycles. The first-order valence-electron chi connectivity index (χ1n) is 4.57. The minimum absolute atomic E-state index is 0.347. The van der Waals surface area contributed by atoms with Crippen LogP contribution in [0.4, 0.5) is 0 Å². The molecule has 2 atom stereocenters. The zero-order chi connectivity index (χ0) is 10.3. The van der Waals surface area contributed by atoms with Gasteiger partial charge in [-0.1, -0.05) is 0 Å². The zero-order valence-corrected chi connectivity index (χ0v) is 8.67. The number of aliphatic hydroxyl groups is 1. The molecule has 1 aromatic rings. The topological polar surface area (TPSA) is 57.5 Å². The number of fused-ring (bicyclic) bond motifs is 1. The molecule has 0 saturated carbocycles. The minimum atomic E-state index is -0.805. The van der Waals surface area contributed by atoms with Crippen molar-refractivity contribution in [1.82, 2.24) is 0 Å². The molecule has 1 aliphatic rings. The molecule has 1 aromatic heterocycles. The van der Waals surface area contributed by atoms with E-state index in [-0.39, 0.29) is 0 Å². The molecule has 0 saturated heterocycles. The van der Waals surface area contributed by atoms with Crippen LogP contribution < -0.4 is 0 Å². The summed E-state index contributed by atoms with van der Waals surface area (Å²) in [6, 6.07) is 0. The van der Waals surface area contributed by atoms with E-state index in [1.165, 1.54) is 0 Å². The number of rotatable bonds is 1. The molecule has 14 heavy (non-hydrogen) atoms.